The number of hydrogen-bond acceptors (Lipinski definition) is 7. The zero-order chi connectivity index (χ0) is 23.3. The second kappa shape index (κ2) is 10.2. The molecule has 32 heavy (non-hydrogen) atoms. The van der Waals surface area contributed by atoms with E-state index in [-0.39, 0.29) is 0 Å². The Kier molecular flexibility index (Phi) is 7.54. The number of nitrogens with zero attached hydrogens (tertiary/aromatic N) is 3. The van der Waals surface area contributed by atoms with E-state index in [0.717, 1.165) is 17.1 Å². The van der Waals surface area contributed by atoms with Crippen molar-refractivity contribution >= 4 is 35.6 Å². The molecule has 8 heteroatoms. The number of anilines is 3. The minimum atomic E-state index is -3.21. The molecule has 0 aliphatic heterocycles. The van der Waals surface area contributed by atoms with Gasteiger partial charge in [-0.25, -0.2) is 0 Å². The highest BCUT2D eigenvalue weighted by Gasteiger charge is 2.27. The highest BCUT2D eigenvalue weighted by Crippen LogP contribution is 2.50. The van der Waals surface area contributed by atoms with E-state index < -0.39 is 6.72 Å². The first-order valence-electron chi connectivity index (χ1n) is 10.2. The van der Waals surface area contributed by atoms with Crippen LogP contribution in [0.1, 0.15) is 0 Å². The smallest absolute Gasteiger partial charge is 0.407 e. The van der Waals surface area contributed by atoms with Crippen LogP contribution in [0.4, 0.5) is 17.1 Å². The van der Waals surface area contributed by atoms with Crippen LogP contribution in [0.25, 0.3) is 0 Å². The van der Waals surface area contributed by atoms with Crippen LogP contribution in [0.2, 0.25) is 0 Å². The summed E-state index contributed by atoms with van der Waals surface area (Å²) in [6, 6.07) is 23.0. The van der Waals surface area contributed by atoms with Gasteiger partial charge in [-0.1, -0.05) is 0 Å². The van der Waals surface area contributed by atoms with E-state index in [9.17, 15) is 0 Å². The Labute approximate surface area is 196 Å². The lowest BCUT2D eigenvalue weighted by Gasteiger charge is -2.24. The van der Waals surface area contributed by atoms with Gasteiger partial charge in [0.2, 0.25) is 0 Å². The molecule has 3 aromatic carbocycles. The fourth-order valence-electron chi connectivity index (χ4n) is 2.86. The Hall–Kier alpha value is -2.89. The first-order valence-corrected chi connectivity index (χ1v) is 12.7. The molecule has 3 aromatic rings. The molecule has 0 N–H and O–H groups in total. The molecular formula is C24H30N3O3PS. The van der Waals surface area contributed by atoms with Crippen molar-refractivity contribution in [2.75, 3.05) is 57.0 Å². The molecule has 6 nitrogen and oxygen atoms in total. The van der Waals surface area contributed by atoms with Gasteiger partial charge >= 0.3 is 6.72 Å². The topological polar surface area (TPSA) is 37.4 Å². The van der Waals surface area contributed by atoms with Crippen molar-refractivity contribution in [1.29, 1.82) is 0 Å². The predicted octanol–water partition coefficient (Wildman–Crippen LogP) is 5.65. The molecule has 0 unspecified atom stereocenters. The molecule has 0 aliphatic carbocycles. The van der Waals surface area contributed by atoms with Crippen molar-refractivity contribution in [3.63, 3.8) is 0 Å². The molecule has 0 spiro atoms. The van der Waals surface area contributed by atoms with E-state index in [0.29, 0.717) is 17.2 Å². The molecule has 0 radical (unpaired) electrons. The normalized spacial score (nSPS) is 10.9. The molecule has 0 saturated heterocycles. The average Bonchev–Trinajstić information content (AvgIpc) is 2.74. The maximum Gasteiger partial charge on any atom is 0.490 e. The van der Waals surface area contributed by atoms with Crippen LogP contribution < -0.4 is 28.3 Å². The van der Waals surface area contributed by atoms with Gasteiger partial charge in [-0.15, -0.1) is 0 Å². The highest BCUT2D eigenvalue weighted by molar-refractivity contribution is 8.08. The molecule has 0 fully saturated rings. The number of hydrogen-bond donors (Lipinski definition) is 0. The lowest BCUT2D eigenvalue weighted by molar-refractivity contribution is 0.384. The van der Waals surface area contributed by atoms with Gasteiger partial charge in [-0.3, -0.25) is 0 Å². The van der Waals surface area contributed by atoms with Crippen molar-refractivity contribution in [2.24, 2.45) is 0 Å². The zero-order valence-electron chi connectivity index (χ0n) is 19.4. The van der Waals surface area contributed by atoms with Crippen molar-refractivity contribution in [2.45, 2.75) is 0 Å². The molecule has 0 aliphatic rings. The minimum Gasteiger partial charge on any atom is -0.407 e. The van der Waals surface area contributed by atoms with E-state index in [1.165, 1.54) is 0 Å². The van der Waals surface area contributed by atoms with Crippen LogP contribution in [0.15, 0.2) is 72.8 Å². The van der Waals surface area contributed by atoms with Crippen molar-refractivity contribution < 1.29 is 13.6 Å². The summed E-state index contributed by atoms with van der Waals surface area (Å²) in [6.07, 6.45) is 0. The van der Waals surface area contributed by atoms with E-state index in [1.54, 1.807) is 0 Å². The monoisotopic (exact) mass is 471 g/mol. The summed E-state index contributed by atoms with van der Waals surface area (Å²) in [4.78, 5) is 6.06. The average molecular weight is 472 g/mol. The largest absolute Gasteiger partial charge is 0.490 e. The summed E-state index contributed by atoms with van der Waals surface area (Å²) in [5, 5.41) is 0. The molecule has 0 aromatic heterocycles. The zero-order valence-corrected chi connectivity index (χ0v) is 21.1. The summed E-state index contributed by atoms with van der Waals surface area (Å²) >= 11 is 5.81. The van der Waals surface area contributed by atoms with E-state index >= 15 is 0 Å². The SMILES string of the molecule is CN(C)c1ccc(OP(=S)(Oc2ccc(N(C)C)cc2)Oc2ccc(N(C)C)cc2)cc1. The van der Waals surface area contributed by atoms with Crippen LogP contribution in [0.3, 0.4) is 0 Å². The van der Waals surface area contributed by atoms with Gasteiger partial charge < -0.3 is 28.3 Å². The minimum absolute atomic E-state index is 0.591. The lowest BCUT2D eigenvalue weighted by Crippen LogP contribution is -2.10. The quantitative estimate of drug-likeness (QED) is 0.374. The van der Waals surface area contributed by atoms with E-state index in [2.05, 4.69) is 0 Å². The van der Waals surface area contributed by atoms with Crippen molar-refractivity contribution in [3.05, 3.63) is 72.8 Å². The van der Waals surface area contributed by atoms with Crippen molar-refractivity contribution in [1.82, 2.24) is 0 Å². The Morgan fingerprint density at radius 2 is 0.688 bits per heavy atom. The summed E-state index contributed by atoms with van der Waals surface area (Å²) < 4.78 is 18.4. The van der Waals surface area contributed by atoms with Crippen molar-refractivity contribution in [3.8, 4) is 17.2 Å². The van der Waals surface area contributed by atoms with Crippen LogP contribution >= 0.6 is 6.72 Å². The van der Waals surface area contributed by atoms with Gasteiger partial charge in [0.25, 0.3) is 0 Å². The molecule has 0 atom stereocenters. The number of benzene rings is 3. The summed E-state index contributed by atoms with van der Waals surface area (Å²) in [5.74, 6) is 1.77. The van der Waals surface area contributed by atoms with E-state index in [1.807, 2.05) is 130 Å². The van der Waals surface area contributed by atoms with Crippen LogP contribution in [0, 0.1) is 0 Å². The molecular weight excluding hydrogens is 441 g/mol. The van der Waals surface area contributed by atoms with Crippen LogP contribution in [-0.4, -0.2) is 42.3 Å². The molecule has 0 amide bonds. The second-order valence-electron chi connectivity index (χ2n) is 7.89. The number of rotatable bonds is 9. The van der Waals surface area contributed by atoms with Gasteiger partial charge in [0, 0.05) is 71.2 Å². The summed E-state index contributed by atoms with van der Waals surface area (Å²) in [6.45, 7) is -3.21. The van der Waals surface area contributed by atoms with Gasteiger partial charge in [-0.05, 0) is 72.8 Å². The Morgan fingerprint density at radius 3 is 0.875 bits per heavy atom. The third-order valence-corrected chi connectivity index (χ3v) is 6.69. The van der Waals surface area contributed by atoms with Crippen LogP contribution in [-0.2, 0) is 11.8 Å². The molecule has 3 rings (SSSR count). The highest BCUT2D eigenvalue weighted by atomic mass is 32.5. The molecule has 0 heterocycles. The first-order chi connectivity index (χ1) is 15.1. The standard InChI is InChI=1S/C24H30N3O3PS/c1-25(2)19-7-13-22(14-8-19)28-31(32,29-23-15-9-20(10-16-23)26(3)4)30-24-17-11-21(12-18-24)27(5)6/h7-18H,1-6H3. The van der Waals surface area contributed by atoms with Gasteiger partial charge in [0.1, 0.15) is 17.2 Å². The third kappa shape index (κ3) is 6.31. The van der Waals surface area contributed by atoms with Gasteiger partial charge in [0.15, 0.2) is 0 Å². The maximum absolute atomic E-state index is 6.14. The first kappa shape index (κ1) is 23.8. The van der Waals surface area contributed by atoms with Crippen LogP contribution in [0.5, 0.6) is 17.2 Å². The Morgan fingerprint density at radius 1 is 0.469 bits per heavy atom. The molecule has 0 saturated carbocycles. The Balaban J connectivity index is 1.87. The lowest BCUT2D eigenvalue weighted by atomic mass is 10.3. The second-order valence-corrected chi connectivity index (χ2v) is 10.7. The maximum atomic E-state index is 6.14. The molecule has 170 valence electrons. The fraction of sp³-hybridized carbons (Fsp3) is 0.250. The third-order valence-electron chi connectivity index (χ3n) is 4.71. The van der Waals surface area contributed by atoms with Gasteiger partial charge in [0.05, 0.1) is 0 Å². The van der Waals surface area contributed by atoms with Gasteiger partial charge in [-0.2, -0.15) is 0 Å². The summed E-state index contributed by atoms with van der Waals surface area (Å²) in [5.41, 5.74) is 3.18. The fourth-order valence-corrected chi connectivity index (χ4v) is 4.88. The summed E-state index contributed by atoms with van der Waals surface area (Å²) in [7, 11) is 11.9. The predicted molar refractivity (Wildman–Crippen MR) is 138 cm³/mol. The Bertz CT molecular complexity index is 917. The van der Waals surface area contributed by atoms with E-state index in [4.69, 9.17) is 25.4 Å². The molecule has 0 bridgehead atoms.